The van der Waals surface area contributed by atoms with Crippen LogP contribution in [0.1, 0.15) is 36.1 Å². The molecule has 1 N–H and O–H groups in total. The van der Waals surface area contributed by atoms with Gasteiger partial charge in [0, 0.05) is 43.3 Å². The van der Waals surface area contributed by atoms with Gasteiger partial charge in [0.1, 0.15) is 17.2 Å². The van der Waals surface area contributed by atoms with Crippen LogP contribution in [0.5, 0.6) is 5.75 Å². The number of nitrogens with one attached hydrogen (secondary N) is 1. The van der Waals surface area contributed by atoms with Crippen molar-refractivity contribution in [1.82, 2.24) is 15.2 Å². The first-order valence-corrected chi connectivity index (χ1v) is 11.4. The molecule has 0 unspecified atom stereocenters. The van der Waals surface area contributed by atoms with Gasteiger partial charge in [0.15, 0.2) is 5.13 Å². The van der Waals surface area contributed by atoms with Crippen molar-refractivity contribution in [3.8, 4) is 5.75 Å². The van der Waals surface area contributed by atoms with Crippen LogP contribution >= 0.6 is 11.3 Å². The summed E-state index contributed by atoms with van der Waals surface area (Å²) in [5.41, 5.74) is 2.82. The van der Waals surface area contributed by atoms with Gasteiger partial charge in [0.05, 0.1) is 17.9 Å². The summed E-state index contributed by atoms with van der Waals surface area (Å²) in [7, 11) is 4.19. The zero-order valence-corrected chi connectivity index (χ0v) is 19.3. The Kier molecular flexibility index (Phi) is 5.63. The summed E-state index contributed by atoms with van der Waals surface area (Å²) in [6, 6.07) is 6.40. The molecule has 1 amide bonds. The second kappa shape index (κ2) is 8.07. The van der Waals surface area contributed by atoms with Crippen LogP contribution in [-0.4, -0.2) is 68.2 Å². The summed E-state index contributed by atoms with van der Waals surface area (Å²) in [5.74, 6) is 0.855. The monoisotopic (exact) mass is 429 g/mol. The van der Waals surface area contributed by atoms with Crippen LogP contribution in [0.3, 0.4) is 0 Å². The fourth-order valence-corrected chi connectivity index (χ4v) is 4.99. The number of amides is 1. The number of anilines is 3. The highest BCUT2D eigenvalue weighted by molar-refractivity contribution is 7.17. The average molecular weight is 430 g/mol. The number of hydrogen-bond acceptors (Lipinski definition) is 7. The number of nitrogens with zero attached hydrogens (tertiary/aromatic N) is 4. The molecule has 162 valence electrons. The van der Waals surface area contributed by atoms with Gasteiger partial charge < -0.3 is 24.8 Å². The minimum Gasteiger partial charge on any atom is -0.489 e. The molecule has 8 heteroatoms. The summed E-state index contributed by atoms with van der Waals surface area (Å²) >= 11 is 1.47. The van der Waals surface area contributed by atoms with Crippen molar-refractivity contribution < 1.29 is 9.53 Å². The third-order valence-electron chi connectivity index (χ3n) is 5.56. The van der Waals surface area contributed by atoms with E-state index in [0.717, 1.165) is 59.7 Å². The van der Waals surface area contributed by atoms with Gasteiger partial charge in [-0.25, -0.2) is 4.98 Å². The molecule has 30 heavy (non-hydrogen) atoms. The van der Waals surface area contributed by atoms with Crippen molar-refractivity contribution in [2.75, 3.05) is 56.7 Å². The Labute approximate surface area is 182 Å². The Morgan fingerprint density at radius 3 is 2.83 bits per heavy atom. The Hall–Kier alpha value is -2.32. The van der Waals surface area contributed by atoms with Crippen molar-refractivity contribution in [2.24, 2.45) is 0 Å². The van der Waals surface area contributed by atoms with Crippen molar-refractivity contribution in [1.29, 1.82) is 0 Å². The van der Waals surface area contributed by atoms with Gasteiger partial charge >= 0.3 is 0 Å². The van der Waals surface area contributed by atoms with Crippen molar-refractivity contribution >= 4 is 33.8 Å². The fraction of sp³-hybridized carbons (Fsp3) is 0.545. The minimum atomic E-state index is -0.261. The van der Waals surface area contributed by atoms with E-state index in [1.807, 2.05) is 13.8 Å². The second-order valence-electron chi connectivity index (χ2n) is 8.82. The van der Waals surface area contributed by atoms with Crippen LogP contribution in [0.25, 0.3) is 0 Å². The lowest BCUT2D eigenvalue weighted by atomic mass is 9.94. The molecule has 0 atom stereocenters. The molecule has 4 rings (SSSR count). The van der Waals surface area contributed by atoms with E-state index in [2.05, 4.69) is 59.2 Å². The summed E-state index contributed by atoms with van der Waals surface area (Å²) in [6.45, 7) is 10.5. The van der Waals surface area contributed by atoms with Gasteiger partial charge in [-0.2, -0.15) is 0 Å². The Balaban J connectivity index is 1.61. The van der Waals surface area contributed by atoms with E-state index in [-0.39, 0.29) is 11.4 Å². The Bertz CT molecular complexity index is 940. The molecule has 0 bridgehead atoms. The molecule has 0 radical (unpaired) electrons. The minimum absolute atomic E-state index is 0.0201. The van der Waals surface area contributed by atoms with Gasteiger partial charge in [0.25, 0.3) is 5.91 Å². The molecule has 7 nitrogen and oxygen atoms in total. The number of aromatic nitrogens is 1. The molecule has 3 heterocycles. The highest BCUT2D eigenvalue weighted by Crippen LogP contribution is 2.42. The Morgan fingerprint density at radius 2 is 2.10 bits per heavy atom. The third-order valence-corrected chi connectivity index (χ3v) is 6.67. The normalized spacial score (nSPS) is 17.3. The standard InChI is InChI=1S/C22H31N5O2S/c1-6-26(10-9-25(4)5)15-7-8-17-18(13-15)29-12-11-27(17)21-23-16-14-22(2,3)24-20(28)19(16)30-21/h7-8,13H,6,9-12,14H2,1-5H3,(H,24,28). The first-order chi connectivity index (χ1) is 14.3. The molecule has 0 fully saturated rings. The van der Waals surface area contributed by atoms with E-state index < -0.39 is 0 Å². The maximum atomic E-state index is 12.5. The van der Waals surface area contributed by atoms with Crippen LogP contribution < -0.4 is 19.9 Å². The first-order valence-electron chi connectivity index (χ1n) is 10.5. The van der Waals surface area contributed by atoms with Gasteiger partial charge in [-0.1, -0.05) is 11.3 Å². The highest BCUT2D eigenvalue weighted by atomic mass is 32.1. The molecular formula is C22H31N5O2S. The molecule has 1 aromatic heterocycles. The van der Waals surface area contributed by atoms with Crippen LogP contribution in [0.15, 0.2) is 18.2 Å². The molecular weight excluding hydrogens is 398 g/mol. The Morgan fingerprint density at radius 1 is 1.30 bits per heavy atom. The van der Waals surface area contributed by atoms with Crippen LogP contribution in [-0.2, 0) is 6.42 Å². The summed E-state index contributed by atoms with van der Waals surface area (Å²) in [5, 5.41) is 3.94. The molecule has 2 aliphatic heterocycles. The number of ether oxygens (including phenoxy) is 1. The predicted octanol–water partition coefficient (Wildman–Crippen LogP) is 3.13. The largest absolute Gasteiger partial charge is 0.489 e. The second-order valence-corrected chi connectivity index (χ2v) is 9.80. The first kappa shape index (κ1) is 20.9. The molecule has 2 aliphatic rings. The number of carbonyl (C=O) groups excluding carboxylic acids is 1. The fourth-order valence-electron chi connectivity index (χ4n) is 3.97. The maximum Gasteiger partial charge on any atom is 0.263 e. The number of likely N-dealkylation sites (N-methyl/N-ethyl adjacent to an activating group) is 2. The number of fused-ring (bicyclic) bond motifs is 2. The smallest absolute Gasteiger partial charge is 0.263 e. The molecule has 0 aliphatic carbocycles. The summed E-state index contributed by atoms with van der Waals surface area (Å²) in [4.78, 5) is 24.8. The summed E-state index contributed by atoms with van der Waals surface area (Å²) < 4.78 is 6.01. The van der Waals surface area contributed by atoms with Crippen molar-refractivity contribution in [3.05, 3.63) is 28.8 Å². The van der Waals surface area contributed by atoms with Crippen molar-refractivity contribution in [3.63, 3.8) is 0 Å². The van der Waals surface area contributed by atoms with Crippen molar-refractivity contribution in [2.45, 2.75) is 32.7 Å². The van der Waals surface area contributed by atoms with E-state index in [0.29, 0.717) is 6.61 Å². The van der Waals surface area contributed by atoms with E-state index in [1.165, 1.54) is 17.0 Å². The topological polar surface area (TPSA) is 60.9 Å². The maximum absolute atomic E-state index is 12.5. The molecule has 0 saturated heterocycles. The quantitative estimate of drug-likeness (QED) is 0.761. The highest BCUT2D eigenvalue weighted by Gasteiger charge is 2.34. The van der Waals surface area contributed by atoms with E-state index in [1.54, 1.807) is 0 Å². The lowest BCUT2D eigenvalue weighted by Crippen LogP contribution is -2.48. The van der Waals surface area contributed by atoms with Crippen LogP contribution in [0, 0.1) is 0 Å². The van der Waals surface area contributed by atoms with Gasteiger partial charge in [0.2, 0.25) is 0 Å². The number of thiazole rings is 1. The average Bonchev–Trinajstić information content (AvgIpc) is 3.10. The molecule has 2 aromatic rings. The zero-order chi connectivity index (χ0) is 21.5. The van der Waals surface area contributed by atoms with Gasteiger partial charge in [-0.15, -0.1) is 0 Å². The number of benzene rings is 1. The third kappa shape index (κ3) is 4.11. The van der Waals surface area contributed by atoms with Crippen LogP contribution in [0.4, 0.5) is 16.5 Å². The van der Waals surface area contributed by atoms with Gasteiger partial charge in [-0.05, 0) is 47.0 Å². The molecule has 0 spiro atoms. The SMILES string of the molecule is CCN(CCN(C)C)c1ccc2c(c1)OCCN2c1nc2c(s1)C(=O)NC(C)(C)C2. The lowest BCUT2D eigenvalue weighted by Gasteiger charge is -2.31. The molecule has 1 aromatic carbocycles. The summed E-state index contributed by atoms with van der Waals surface area (Å²) in [6.07, 6.45) is 0.748. The van der Waals surface area contributed by atoms with E-state index in [4.69, 9.17) is 9.72 Å². The van der Waals surface area contributed by atoms with Crippen LogP contribution in [0.2, 0.25) is 0 Å². The lowest BCUT2D eigenvalue weighted by molar-refractivity contribution is 0.0901. The predicted molar refractivity (Wildman–Crippen MR) is 123 cm³/mol. The zero-order valence-electron chi connectivity index (χ0n) is 18.5. The number of rotatable bonds is 6. The number of carbonyl (C=O) groups is 1. The van der Waals surface area contributed by atoms with E-state index in [9.17, 15) is 4.79 Å². The van der Waals surface area contributed by atoms with E-state index >= 15 is 0 Å². The number of hydrogen-bond donors (Lipinski definition) is 1. The van der Waals surface area contributed by atoms with Gasteiger partial charge in [-0.3, -0.25) is 4.79 Å². The molecule has 0 saturated carbocycles.